The van der Waals surface area contributed by atoms with Crippen molar-refractivity contribution < 1.29 is 9.53 Å². The molecule has 1 amide bonds. The Kier molecular flexibility index (Phi) is 4.62. The molecule has 2 aromatic carbocycles. The van der Waals surface area contributed by atoms with Crippen LogP contribution in [0, 0.1) is 0 Å². The summed E-state index contributed by atoms with van der Waals surface area (Å²) in [4.78, 5) is 14.2. The van der Waals surface area contributed by atoms with Crippen LogP contribution in [0.15, 0.2) is 54.2 Å². The van der Waals surface area contributed by atoms with Gasteiger partial charge in [0.05, 0.1) is 12.8 Å². The second kappa shape index (κ2) is 6.84. The Bertz CT molecular complexity index is 812. The van der Waals surface area contributed by atoms with Gasteiger partial charge in [0.15, 0.2) is 5.11 Å². The molecule has 1 N–H and O–H groups in total. The minimum Gasteiger partial charge on any atom is -0.497 e. The normalized spacial score (nSPS) is 15.8. The number of benzene rings is 2. The van der Waals surface area contributed by atoms with Crippen molar-refractivity contribution in [3.8, 4) is 5.75 Å². The average Bonchev–Trinajstić information content (AvgIpc) is 2.89. The third-order valence-corrected chi connectivity index (χ3v) is 4.17. The molecule has 4 nitrogen and oxygen atoms in total. The van der Waals surface area contributed by atoms with E-state index in [4.69, 9.17) is 17.0 Å². The number of anilines is 1. The van der Waals surface area contributed by atoms with Crippen molar-refractivity contribution >= 4 is 35.0 Å². The summed E-state index contributed by atoms with van der Waals surface area (Å²) in [5, 5.41) is 3.36. The van der Waals surface area contributed by atoms with Crippen LogP contribution in [-0.4, -0.2) is 18.1 Å². The number of methoxy groups -OCH3 is 1. The maximum absolute atomic E-state index is 12.7. The summed E-state index contributed by atoms with van der Waals surface area (Å²) < 4.78 is 5.21. The number of carbonyl (C=O) groups is 1. The molecule has 1 aliphatic heterocycles. The molecular formula is C19H18N2O2S. The van der Waals surface area contributed by atoms with E-state index in [0.717, 1.165) is 12.0 Å². The van der Waals surface area contributed by atoms with Gasteiger partial charge < -0.3 is 10.1 Å². The molecule has 0 aromatic heterocycles. The molecule has 1 saturated heterocycles. The quantitative estimate of drug-likeness (QED) is 0.684. The van der Waals surface area contributed by atoms with Crippen LogP contribution in [-0.2, 0) is 11.2 Å². The third kappa shape index (κ3) is 3.16. The predicted octanol–water partition coefficient (Wildman–Crippen LogP) is 3.52. The Morgan fingerprint density at radius 1 is 1.21 bits per heavy atom. The Balaban J connectivity index is 1.89. The van der Waals surface area contributed by atoms with E-state index in [9.17, 15) is 4.79 Å². The van der Waals surface area contributed by atoms with Crippen LogP contribution in [0.25, 0.3) is 6.08 Å². The average molecular weight is 338 g/mol. The highest BCUT2D eigenvalue weighted by molar-refractivity contribution is 7.80. The van der Waals surface area contributed by atoms with E-state index in [2.05, 4.69) is 24.4 Å². The number of nitrogens with one attached hydrogen (secondary N) is 1. The predicted molar refractivity (Wildman–Crippen MR) is 100 cm³/mol. The first kappa shape index (κ1) is 16.2. The Morgan fingerprint density at radius 2 is 1.96 bits per heavy atom. The molecule has 1 fully saturated rings. The fourth-order valence-corrected chi connectivity index (χ4v) is 2.83. The van der Waals surface area contributed by atoms with Gasteiger partial charge in [0.2, 0.25) is 0 Å². The van der Waals surface area contributed by atoms with Gasteiger partial charge in [0.1, 0.15) is 11.4 Å². The molecule has 1 aliphatic rings. The number of rotatable bonds is 4. The van der Waals surface area contributed by atoms with Crippen LogP contribution in [0.5, 0.6) is 5.75 Å². The largest absolute Gasteiger partial charge is 0.497 e. The Morgan fingerprint density at radius 3 is 2.62 bits per heavy atom. The molecular weight excluding hydrogens is 320 g/mol. The van der Waals surface area contributed by atoms with Gasteiger partial charge >= 0.3 is 0 Å². The van der Waals surface area contributed by atoms with Gasteiger partial charge in [0, 0.05) is 6.07 Å². The van der Waals surface area contributed by atoms with Gasteiger partial charge in [-0.2, -0.15) is 0 Å². The van der Waals surface area contributed by atoms with Crippen LogP contribution >= 0.6 is 12.2 Å². The smallest absolute Gasteiger partial charge is 0.281 e. The third-order valence-electron chi connectivity index (χ3n) is 3.89. The first-order valence-corrected chi connectivity index (χ1v) is 8.13. The summed E-state index contributed by atoms with van der Waals surface area (Å²) in [6.07, 6.45) is 2.80. The van der Waals surface area contributed by atoms with Gasteiger partial charge in [-0.25, -0.2) is 0 Å². The van der Waals surface area contributed by atoms with Crippen LogP contribution in [0.1, 0.15) is 18.1 Å². The van der Waals surface area contributed by atoms with E-state index in [0.29, 0.717) is 22.2 Å². The minimum absolute atomic E-state index is 0.173. The van der Waals surface area contributed by atoms with Gasteiger partial charge in [-0.1, -0.05) is 37.3 Å². The van der Waals surface area contributed by atoms with E-state index in [1.54, 1.807) is 13.2 Å². The molecule has 5 heteroatoms. The number of carbonyl (C=O) groups excluding carboxylic acids is 1. The van der Waals surface area contributed by atoms with Gasteiger partial charge in [0.25, 0.3) is 5.91 Å². The minimum atomic E-state index is -0.173. The van der Waals surface area contributed by atoms with E-state index >= 15 is 0 Å². The zero-order valence-corrected chi connectivity index (χ0v) is 14.4. The fraction of sp³-hybridized carbons (Fsp3) is 0.158. The van der Waals surface area contributed by atoms with E-state index in [1.807, 2.05) is 36.4 Å². The molecule has 1 heterocycles. The van der Waals surface area contributed by atoms with Crippen LogP contribution < -0.4 is 15.0 Å². The lowest BCUT2D eigenvalue weighted by Gasteiger charge is -2.14. The summed E-state index contributed by atoms with van der Waals surface area (Å²) >= 11 is 5.32. The lowest BCUT2D eigenvalue weighted by atomic mass is 10.1. The number of ether oxygens (including phenoxy) is 1. The highest BCUT2D eigenvalue weighted by Crippen LogP contribution is 2.26. The zero-order chi connectivity index (χ0) is 17.1. The van der Waals surface area contributed by atoms with Crippen molar-refractivity contribution in [2.45, 2.75) is 13.3 Å². The van der Waals surface area contributed by atoms with E-state index in [1.165, 1.54) is 10.5 Å². The molecule has 0 bridgehead atoms. The van der Waals surface area contributed by atoms with Crippen LogP contribution in [0.4, 0.5) is 5.69 Å². The number of hydrogen-bond donors (Lipinski definition) is 1. The van der Waals surface area contributed by atoms with Gasteiger partial charge in [-0.05, 0) is 48.0 Å². The molecule has 0 unspecified atom stereocenters. The van der Waals surface area contributed by atoms with Gasteiger partial charge in [-0.15, -0.1) is 0 Å². The zero-order valence-electron chi connectivity index (χ0n) is 13.6. The highest BCUT2D eigenvalue weighted by Gasteiger charge is 2.32. The van der Waals surface area contributed by atoms with E-state index < -0.39 is 0 Å². The monoisotopic (exact) mass is 338 g/mol. The number of nitrogens with zero attached hydrogens (tertiary/aromatic N) is 1. The molecule has 2 aromatic rings. The second-order valence-corrected chi connectivity index (χ2v) is 5.81. The fourth-order valence-electron chi connectivity index (χ4n) is 2.54. The molecule has 24 heavy (non-hydrogen) atoms. The molecule has 0 atom stereocenters. The van der Waals surface area contributed by atoms with E-state index in [-0.39, 0.29) is 5.91 Å². The lowest BCUT2D eigenvalue weighted by Crippen LogP contribution is -2.30. The topological polar surface area (TPSA) is 41.6 Å². The maximum atomic E-state index is 12.7. The van der Waals surface area contributed by atoms with Crippen molar-refractivity contribution in [3.63, 3.8) is 0 Å². The molecule has 0 spiro atoms. The molecule has 0 saturated carbocycles. The Hall–Kier alpha value is -2.66. The standard InChI is InChI=1S/C19H18N2O2S/c1-3-13-7-9-14(10-8-13)11-17-18(22)21(19(24)20-17)15-5-4-6-16(12-15)23-2/h4-12H,3H2,1-2H3,(H,20,24)/b17-11-. The molecule has 0 aliphatic carbocycles. The second-order valence-electron chi connectivity index (χ2n) is 5.43. The highest BCUT2D eigenvalue weighted by atomic mass is 32.1. The van der Waals surface area contributed by atoms with Gasteiger partial charge in [-0.3, -0.25) is 9.69 Å². The van der Waals surface area contributed by atoms with Crippen molar-refractivity contribution in [1.82, 2.24) is 5.32 Å². The summed E-state index contributed by atoms with van der Waals surface area (Å²) in [7, 11) is 1.59. The number of hydrogen-bond acceptors (Lipinski definition) is 3. The summed E-state index contributed by atoms with van der Waals surface area (Å²) in [5.74, 6) is 0.503. The van der Waals surface area contributed by atoms with Crippen LogP contribution in [0.3, 0.4) is 0 Å². The summed E-state index contributed by atoms with van der Waals surface area (Å²) in [6.45, 7) is 2.11. The maximum Gasteiger partial charge on any atom is 0.281 e. The van der Waals surface area contributed by atoms with Crippen molar-refractivity contribution in [1.29, 1.82) is 0 Å². The molecule has 0 radical (unpaired) electrons. The number of thiocarbonyl (C=S) groups is 1. The number of aryl methyl sites for hydroxylation is 1. The van der Waals surface area contributed by atoms with Crippen molar-refractivity contribution in [2.75, 3.05) is 12.0 Å². The number of amides is 1. The lowest BCUT2D eigenvalue weighted by molar-refractivity contribution is -0.113. The summed E-state index contributed by atoms with van der Waals surface area (Å²) in [5.41, 5.74) is 3.36. The summed E-state index contributed by atoms with van der Waals surface area (Å²) in [6, 6.07) is 15.4. The van der Waals surface area contributed by atoms with Crippen molar-refractivity contribution in [2.24, 2.45) is 0 Å². The molecule has 3 rings (SSSR count). The Labute approximate surface area is 146 Å². The molecule has 122 valence electrons. The first-order valence-electron chi connectivity index (χ1n) is 7.72. The first-order chi connectivity index (χ1) is 11.6. The van der Waals surface area contributed by atoms with Crippen molar-refractivity contribution in [3.05, 3.63) is 65.4 Å². The van der Waals surface area contributed by atoms with Crippen LogP contribution in [0.2, 0.25) is 0 Å². The SMILES string of the molecule is CCc1ccc(/C=C2\NC(=S)N(c3cccc(OC)c3)C2=O)cc1.